The summed E-state index contributed by atoms with van der Waals surface area (Å²) in [5.41, 5.74) is 7.01. The Morgan fingerprint density at radius 1 is 1.24 bits per heavy atom. The van der Waals surface area contributed by atoms with Gasteiger partial charge in [0.25, 0.3) is 5.56 Å². The van der Waals surface area contributed by atoms with E-state index in [2.05, 4.69) is 15.0 Å². The maximum absolute atomic E-state index is 12.5. The van der Waals surface area contributed by atoms with Gasteiger partial charge in [-0.05, 0) is 36.8 Å². The summed E-state index contributed by atoms with van der Waals surface area (Å²) >= 11 is 0. The number of carbonyl (C=O) groups is 1. The molecule has 0 aliphatic carbocycles. The standard InChI is InChI=1S/C20H17N5O4/c1-10-2-3-14-12(6-10)16(13-8-23-20(29)24-18(13)26)17(19(27)28)25(14)9-11-4-5-22-15(21)7-11/h2-8H,9H2,1H3,(H2,21,22)(H,27,28)(H2,23,24,26,29). The van der Waals surface area contributed by atoms with Crippen molar-refractivity contribution in [3.63, 3.8) is 0 Å². The fraction of sp³-hybridized carbons (Fsp3) is 0.100. The number of carboxylic acid groups (broad SMARTS) is 1. The van der Waals surface area contributed by atoms with Gasteiger partial charge < -0.3 is 20.4 Å². The van der Waals surface area contributed by atoms with E-state index in [-0.39, 0.29) is 23.4 Å². The van der Waals surface area contributed by atoms with Crippen molar-refractivity contribution >= 4 is 22.7 Å². The van der Waals surface area contributed by atoms with Crippen molar-refractivity contribution in [2.24, 2.45) is 0 Å². The summed E-state index contributed by atoms with van der Waals surface area (Å²) in [6.45, 7) is 2.09. The van der Waals surface area contributed by atoms with Crippen molar-refractivity contribution in [1.82, 2.24) is 19.5 Å². The molecular formula is C20H17N5O4. The highest BCUT2D eigenvalue weighted by atomic mass is 16.4. The van der Waals surface area contributed by atoms with Crippen LogP contribution < -0.4 is 17.0 Å². The second-order valence-electron chi connectivity index (χ2n) is 6.71. The first-order chi connectivity index (χ1) is 13.8. The molecule has 4 rings (SSSR count). The van der Waals surface area contributed by atoms with E-state index in [1.54, 1.807) is 22.9 Å². The highest BCUT2D eigenvalue weighted by Gasteiger charge is 2.25. The van der Waals surface area contributed by atoms with Crippen molar-refractivity contribution in [3.8, 4) is 11.1 Å². The molecule has 9 heteroatoms. The van der Waals surface area contributed by atoms with Crippen molar-refractivity contribution in [2.45, 2.75) is 13.5 Å². The number of fused-ring (bicyclic) bond motifs is 1. The van der Waals surface area contributed by atoms with Gasteiger partial charge in [0, 0.05) is 35.4 Å². The fourth-order valence-corrected chi connectivity index (χ4v) is 3.50. The van der Waals surface area contributed by atoms with Crippen LogP contribution >= 0.6 is 0 Å². The molecule has 29 heavy (non-hydrogen) atoms. The number of benzene rings is 1. The van der Waals surface area contributed by atoms with Crippen LogP contribution in [0, 0.1) is 6.92 Å². The molecule has 0 unspecified atom stereocenters. The molecule has 0 radical (unpaired) electrons. The third-order valence-electron chi connectivity index (χ3n) is 4.70. The molecule has 4 aromatic rings. The van der Waals surface area contributed by atoms with Gasteiger partial charge in [0.05, 0.1) is 5.56 Å². The molecule has 0 atom stereocenters. The number of aromatic nitrogens is 4. The number of nitrogen functional groups attached to an aromatic ring is 1. The van der Waals surface area contributed by atoms with E-state index in [0.717, 1.165) is 11.1 Å². The summed E-state index contributed by atoms with van der Waals surface area (Å²) in [6.07, 6.45) is 2.79. The van der Waals surface area contributed by atoms with Crippen molar-refractivity contribution in [3.05, 3.63) is 80.4 Å². The summed E-state index contributed by atoms with van der Waals surface area (Å²) in [6, 6.07) is 8.91. The van der Waals surface area contributed by atoms with Crippen LogP contribution in [0.3, 0.4) is 0 Å². The lowest BCUT2D eigenvalue weighted by atomic mass is 10.0. The lowest BCUT2D eigenvalue weighted by molar-refractivity contribution is 0.0687. The number of carboxylic acids is 1. The van der Waals surface area contributed by atoms with Gasteiger partial charge in [-0.15, -0.1) is 0 Å². The van der Waals surface area contributed by atoms with Crippen LogP contribution in [0.4, 0.5) is 5.82 Å². The van der Waals surface area contributed by atoms with Crippen LogP contribution in [0.25, 0.3) is 22.0 Å². The second kappa shape index (κ2) is 6.79. The number of pyridine rings is 1. The number of anilines is 1. The van der Waals surface area contributed by atoms with Crippen LogP contribution in [-0.4, -0.2) is 30.6 Å². The maximum Gasteiger partial charge on any atom is 0.353 e. The fourth-order valence-electron chi connectivity index (χ4n) is 3.50. The summed E-state index contributed by atoms with van der Waals surface area (Å²) in [4.78, 5) is 44.7. The van der Waals surface area contributed by atoms with E-state index in [1.165, 1.54) is 6.20 Å². The highest BCUT2D eigenvalue weighted by molar-refractivity contribution is 6.08. The van der Waals surface area contributed by atoms with E-state index in [0.29, 0.717) is 16.7 Å². The summed E-state index contributed by atoms with van der Waals surface area (Å²) < 4.78 is 1.62. The number of aromatic amines is 2. The number of nitrogens with one attached hydrogen (secondary N) is 2. The zero-order chi connectivity index (χ0) is 20.7. The molecule has 1 aromatic carbocycles. The van der Waals surface area contributed by atoms with Gasteiger partial charge in [-0.2, -0.15) is 0 Å². The molecule has 0 saturated heterocycles. The minimum atomic E-state index is -1.19. The molecule has 0 amide bonds. The molecule has 5 N–H and O–H groups in total. The van der Waals surface area contributed by atoms with Gasteiger partial charge in [-0.25, -0.2) is 14.6 Å². The lowest BCUT2D eigenvalue weighted by Crippen LogP contribution is -2.23. The molecule has 9 nitrogen and oxygen atoms in total. The van der Waals surface area contributed by atoms with E-state index >= 15 is 0 Å². The first kappa shape index (κ1) is 18.2. The van der Waals surface area contributed by atoms with E-state index in [1.807, 2.05) is 25.1 Å². The average molecular weight is 391 g/mol. The van der Waals surface area contributed by atoms with E-state index in [9.17, 15) is 19.5 Å². The Labute approximate surface area is 163 Å². The van der Waals surface area contributed by atoms with Gasteiger partial charge in [-0.1, -0.05) is 11.6 Å². The molecule has 3 aromatic heterocycles. The highest BCUT2D eigenvalue weighted by Crippen LogP contribution is 2.34. The topological polar surface area (TPSA) is 147 Å². The number of aryl methyl sites for hydroxylation is 1. The van der Waals surface area contributed by atoms with Crippen LogP contribution in [0.1, 0.15) is 21.6 Å². The predicted octanol–water partition coefficient (Wildman–Crippen LogP) is 1.72. The number of nitrogens with zero attached hydrogens (tertiary/aromatic N) is 2. The Morgan fingerprint density at radius 3 is 2.72 bits per heavy atom. The third kappa shape index (κ3) is 3.18. The molecule has 3 heterocycles. The minimum Gasteiger partial charge on any atom is -0.477 e. The quantitative estimate of drug-likeness (QED) is 0.416. The average Bonchev–Trinajstić information content (AvgIpc) is 2.95. The monoisotopic (exact) mass is 391 g/mol. The first-order valence-electron chi connectivity index (χ1n) is 8.74. The molecular weight excluding hydrogens is 374 g/mol. The predicted molar refractivity (Wildman–Crippen MR) is 108 cm³/mol. The van der Waals surface area contributed by atoms with Gasteiger partial charge in [0.15, 0.2) is 0 Å². The van der Waals surface area contributed by atoms with Crippen LogP contribution in [0.15, 0.2) is 52.3 Å². The lowest BCUT2D eigenvalue weighted by Gasteiger charge is -2.10. The van der Waals surface area contributed by atoms with Crippen LogP contribution in [0.2, 0.25) is 0 Å². The number of H-pyrrole nitrogens is 2. The van der Waals surface area contributed by atoms with Gasteiger partial charge in [0.2, 0.25) is 0 Å². The van der Waals surface area contributed by atoms with E-state index < -0.39 is 17.2 Å². The number of aromatic carboxylic acids is 1. The Morgan fingerprint density at radius 2 is 2.03 bits per heavy atom. The zero-order valence-electron chi connectivity index (χ0n) is 15.4. The molecule has 0 aliphatic heterocycles. The van der Waals surface area contributed by atoms with E-state index in [4.69, 9.17) is 5.73 Å². The van der Waals surface area contributed by atoms with Gasteiger partial charge in [-0.3, -0.25) is 9.78 Å². The number of rotatable bonds is 4. The molecule has 0 aliphatic rings. The third-order valence-corrected chi connectivity index (χ3v) is 4.70. The molecule has 0 bridgehead atoms. The number of nitrogens with two attached hydrogens (primary N) is 1. The number of hydrogen-bond donors (Lipinski definition) is 4. The van der Waals surface area contributed by atoms with Crippen LogP contribution in [-0.2, 0) is 6.54 Å². The normalized spacial score (nSPS) is 11.1. The molecule has 146 valence electrons. The van der Waals surface area contributed by atoms with Crippen molar-refractivity contribution in [2.75, 3.05) is 5.73 Å². The Kier molecular flexibility index (Phi) is 4.27. The zero-order valence-corrected chi connectivity index (χ0v) is 15.4. The van der Waals surface area contributed by atoms with Gasteiger partial charge in [0.1, 0.15) is 11.5 Å². The van der Waals surface area contributed by atoms with Crippen LogP contribution in [0.5, 0.6) is 0 Å². The summed E-state index contributed by atoms with van der Waals surface area (Å²) in [7, 11) is 0. The number of hydrogen-bond acceptors (Lipinski definition) is 5. The minimum absolute atomic E-state index is 0.0569. The summed E-state index contributed by atoms with van der Waals surface area (Å²) in [5, 5.41) is 10.6. The Bertz CT molecular complexity index is 1380. The first-order valence-corrected chi connectivity index (χ1v) is 8.74. The van der Waals surface area contributed by atoms with Gasteiger partial charge >= 0.3 is 11.7 Å². The molecule has 0 fully saturated rings. The Balaban J connectivity index is 2.08. The smallest absolute Gasteiger partial charge is 0.353 e. The second-order valence-corrected chi connectivity index (χ2v) is 6.71. The van der Waals surface area contributed by atoms with Crippen molar-refractivity contribution < 1.29 is 9.90 Å². The van der Waals surface area contributed by atoms with Crippen molar-refractivity contribution in [1.29, 1.82) is 0 Å². The SMILES string of the molecule is Cc1ccc2c(c1)c(-c1c[nH]c(=O)[nH]c1=O)c(C(=O)O)n2Cc1ccnc(N)c1. The molecule has 0 saturated carbocycles. The maximum atomic E-state index is 12.5. The Hall–Kier alpha value is -4.14. The largest absolute Gasteiger partial charge is 0.477 e. The molecule has 0 spiro atoms. The summed E-state index contributed by atoms with van der Waals surface area (Å²) in [5.74, 6) is -0.870.